The van der Waals surface area contributed by atoms with E-state index >= 15 is 0 Å². The van der Waals surface area contributed by atoms with Gasteiger partial charge in [-0.3, -0.25) is 4.79 Å². The van der Waals surface area contributed by atoms with E-state index in [2.05, 4.69) is 18.8 Å². The van der Waals surface area contributed by atoms with Crippen molar-refractivity contribution in [2.45, 2.75) is 51.6 Å². The highest BCUT2D eigenvalue weighted by Gasteiger charge is 2.33. The molecule has 1 fully saturated rings. The molecule has 1 aromatic heterocycles. The van der Waals surface area contributed by atoms with Crippen molar-refractivity contribution in [2.75, 3.05) is 0 Å². The molecule has 128 valence electrons. The smallest absolute Gasteiger partial charge is 0.223 e. The maximum absolute atomic E-state index is 12.4. The molecule has 1 aromatic carbocycles. The summed E-state index contributed by atoms with van der Waals surface area (Å²) in [7, 11) is 0. The van der Waals surface area contributed by atoms with Gasteiger partial charge in [0.05, 0.1) is 11.2 Å². The monoisotopic (exact) mass is 366 g/mol. The van der Waals surface area contributed by atoms with Gasteiger partial charge in [0.1, 0.15) is 0 Å². The van der Waals surface area contributed by atoms with Crippen LogP contribution in [0, 0.1) is 0 Å². The molecule has 6 heteroatoms. The van der Waals surface area contributed by atoms with Crippen molar-refractivity contribution in [1.29, 1.82) is 0 Å². The highest BCUT2D eigenvalue weighted by Crippen LogP contribution is 2.31. The summed E-state index contributed by atoms with van der Waals surface area (Å²) in [6.07, 6.45) is 4.75. The lowest BCUT2D eigenvalue weighted by Crippen LogP contribution is -2.38. The van der Waals surface area contributed by atoms with Crippen LogP contribution in [0.3, 0.4) is 0 Å². The number of aryl methyl sites for hydroxylation is 1. The lowest BCUT2D eigenvalue weighted by Gasteiger charge is -2.26. The molecule has 1 heterocycles. The topological polar surface area (TPSA) is 46.3 Å². The Morgan fingerprint density at radius 2 is 2.12 bits per heavy atom. The number of halogens is 2. The van der Waals surface area contributed by atoms with Crippen molar-refractivity contribution in [3.05, 3.63) is 40.3 Å². The molecule has 0 saturated heterocycles. The lowest BCUT2D eigenvalue weighted by molar-refractivity contribution is -0.133. The molecule has 1 aliphatic rings. The van der Waals surface area contributed by atoms with Crippen LogP contribution in [-0.4, -0.2) is 27.9 Å². The Kier molecular flexibility index (Phi) is 5.16. The van der Waals surface area contributed by atoms with Gasteiger partial charge in [0, 0.05) is 35.5 Å². The van der Waals surface area contributed by atoms with Crippen LogP contribution >= 0.6 is 23.2 Å². The number of rotatable bonds is 6. The second-order valence-corrected chi connectivity index (χ2v) is 7.21. The fraction of sp³-hybridized carbons (Fsp3) is 0.444. The third kappa shape index (κ3) is 3.93. The number of oxazole rings is 1. The Bertz CT molecular complexity index is 736. The summed E-state index contributed by atoms with van der Waals surface area (Å²) in [6, 6.07) is 5.88. The van der Waals surface area contributed by atoms with Crippen LogP contribution in [0.5, 0.6) is 0 Å². The van der Waals surface area contributed by atoms with Crippen LogP contribution < -0.4 is 0 Å². The minimum Gasteiger partial charge on any atom is -0.441 e. The van der Waals surface area contributed by atoms with Crippen LogP contribution in [-0.2, 0) is 11.2 Å². The van der Waals surface area contributed by atoms with Crippen LogP contribution in [0.25, 0.3) is 11.3 Å². The molecular weight excluding hydrogens is 347 g/mol. The van der Waals surface area contributed by atoms with E-state index in [1.54, 1.807) is 24.4 Å². The Labute approximate surface area is 151 Å². The maximum atomic E-state index is 12.4. The zero-order valence-electron chi connectivity index (χ0n) is 13.8. The average molecular weight is 367 g/mol. The number of aromatic nitrogens is 1. The van der Waals surface area contributed by atoms with Crippen molar-refractivity contribution >= 4 is 29.1 Å². The normalized spacial score (nSPS) is 14.2. The standard InChI is InChI=1S/C18H20Cl2N2O2/c1-11(2)22(13-4-5-13)18(23)8-7-17-21-10-16(24-17)14-6-3-12(19)9-15(14)20/h3,6,9-11,13H,4-5,7-8H2,1-2H3. The summed E-state index contributed by atoms with van der Waals surface area (Å²) < 4.78 is 5.75. The Morgan fingerprint density at radius 1 is 1.38 bits per heavy atom. The highest BCUT2D eigenvalue weighted by molar-refractivity contribution is 6.36. The molecule has 0 N–H and O–H groups in total. The minimum atomic E-state index is 0.164. The Balaban J connectivity index is 1.65. The molecule has 0 spiro atoms. The van der Waals surface area contributed by atoms with Gasteiger partial charge in [0.15, 0.2) is 11.7 Å². The molecule has 1 amide bonds. The highest BCUT2D eigenvalue weighted by atomic mass is 35.5. The summed E-state index contributed by atoms with van der Waals surface area (Å²) in [6.45, 7) is 4.12. The molecule has 2 aromatic rings. The van der Waals surface area contributed by atoms with Crippen molar-refractivity contribution in [3.8, 4) is 11.3 Å². The zero-order chi connectivity index (χ0) is 17.3. The van der Waals surface area contributed by atoms with Gasteiger partial charge in [-0.05, 0) is 44.9 Å². The quantitative estimate of drug-likeness (QED) is 0.723. The van der Waals surface area contributed by atoms with Crippen LogP contribution in [0.2, 0.25) is 10.0 Å². The van der Waals surface area contributed by atoms with Crippen molar-refractivity contribution < 1.29 is 9.21 Å². The number of hydrogen-bond donors (Lipinski definition) is 0. The number of nitrogens with zero attached hydrogens (tertiary/aromatic N) is 2. The first-order valence-electron chi connectivity index (χ1n) is 8.17. The first-order valence-corrected chi connectivity index (χ1v) is 8.92. The molecule has 1 saturated carbocycles. The lowest BCUT2D eigenvalue weighted by atomic mass is 10.2. The van der Waals surface area contributed by atoms with Crippen molar-refractivity contribution in [3.63, 3.8) is 0 Å². The third-order valence-electron chi connectivity index (χ3n) is 4.09. The van der Waals surface area contributed by atoms with Gasteiger partial charge in [-0.25, -0.2) is 4.98 Å². The van der Waals surface area contributed by atoms with Gasteiger partial charge >= 0.3 is 0 Å². The average Bonchev–Trinajstić information content (AvgIpc) is 3.22. The predicted molar refractivity (Wildman–Crippen MR) is 95.3 cm³/mol. The van der Waals surface area contributed by atoms with E-state index in [-0.39, 0.29) is 11.9 Å². The van der Waals surface area contributed by atoms with Crippen molar-refractivity contribution in [1.82, 2.24) is 9.88 Å². The molecule has 3 rings (SSSR count). The molecule has 0 unspecified atom stereocenters. The second-order valence-electron chi connectivity index (χ2n) is 6.37. The van der Waals surface area contributed by atoms with Gasteiger partial charge in [-0.1, -0.05) is 23.2 Å². The molecular formula is C18H20Cl2N2O2. The summed E-state index contributed by atoms with van der Waals surface area (Å²) in [5, 5.41) is 1.09. The summed E-state index contributed by atoms with van der Waals surface area (Å²) >= 11 is 12.1. The molecule has 0 radical (unpaired) electrons. The van der Waals surface area contributed by atoms with Gasteiger partial charge in [-0.15, -0.1) is 0 Å². The summed E-state index contributed by atoms with van der Waals surface area (Å²) in [5.74, 6) is 1.29. The molecule has 0 aliphatic heterocycles. The first-order chi connectivity index (χ1) is 11.5. The fourth-order valence-corrected chi connectivity index (χ4v) is 3.35. The fourth-order valence-electron chi connectivity index (χ4n) is 2.85. The Hall–Kier alpha value is -1.52. The van der Waals surface area contributed by atoms with Gasteiger partial charge in [0.25, 0.3) is 0 Å². The molecule has 0 bridgehead atoms. The predicted octanol–water partition coefficient (Wildman–Crippen LogP) is 4.98. The van der Waals surface area contributed by atoms with E-state index in [0.29, 0.717) is 40.6 Å². The van der Waals surface area contributed by atoms with Gasteiger partial charge in [0.2, 0.25) is 5.91 Å². The molecule has 0 atom stereocenters. The maximum Gasteiger partial charge on any atom is 0.223 e. The molecule has 4 nitrogen and oxygen atoms in total. The van der Waals surface area contributed by atoms with E-state index in [1.807, 2.05) is 4.90 Å². The van der Waals surface area contributed by atoms with Gasteiger partial charge in [-0.2, -0.15) is 0 Å². The van der Waals surface area contributed by atoms with E-state index in [0.717, 1.165) is 18.4 Å². The van der Waals surface area contributed by atoms with E-state index in [9.17, 15) is 4.79 Å². The summed E-state index contributed by atoms with van der Waals surface area (Å²) in [5.41, 5.74) is 0.743. The zero-order valence-corrected chi connectivity index (χ0v) is 15.3. The summed E-state index contributed by atoms with van der Waals surface area (Å²) in [4.78, 5) is 18.7. The van der Waals surface area contributed by atoms with Crippen molar-refractivity contribution in [2.24, 2.45) is 0 Å². The van der Waals surface area contributed by atoms with E-state index < -0.39 is 0 Å². The van der Waals surface area contributed by atoms with E-state index in [4.69, 9.17) is 27.6 Å². The molecule has 1 aliphatic carbocycles. The van der Waals surface area contributed by atoms with Crippen LogP contribution in [0.1, 0.15) is 39.0 Å². The molecule has 24 heavy (non-hydrogen) atoms. The number of benzene rings is 1. The minimum absolute atomic E-state index is 0.164. The number of hydrogen-bond acceptors (Lipinski definition) is 3. The van der Waals surface area contributed by atoms with Crippen LogP contribution in [0.15, 0.2) is 28.8 Å². The largest absolute Gasteiger partial charge is 0.441 e. The van der Waals surface area contributed by atoms with Crippen LogP contribution in [0.4, 0.5) is 0 Å². The van der Waals surface area contributed by atoms with Gasteiger partial charge < -0.3 is 9.32 Å². The SMILES string of the molecule is CC(C)N(C(=O)CCc1ncc(-c2ccc(Cl)cc2Cl)o1)C1CC1. The first kappa shape index (κ1) is 17.3. The number of amides is 1. The number of carbonyl (C=O) groups is 1. The van der Waals surface area contributed by atoms with E-state index in [1.165, 1.54) is 0 Å². The number of carbonyl (C=O) groups excluding carboxylic acids is 1. The second kappa shape index (κ2) is 7.16. The third-order valence-corrected chi connectivity index (χ3v) is 4.64. The Morgan fingerprint density at radius 3 is 2.75 bits per heavy atom.